The molecule has 2 aromatic heterocycles. The third kappa shape index (κ3) is 3.61. The molecule has 1 fully saturated rings. The van der Waals surface area contributed by atoms with Crippen molar-refractivity contribution >= 4 is 45.7 Å². The van der Waals surface area contributed by atoms with Crippen molar-refractivity contribution in [3.05, 3.63) is 47.4 Å². The number of aromatic nitrogens is 2. The van der Waals surface area contributed by atoms with Gasteiger partial charge in [-0.3, -0.25) is 14.5 Å². The SMILES string of the molecule is CO/N=C(\C(=O)NC1C(=O)N2C(C(=O)O)=C([n+]3ccccc3)CCC12)c1csc(N)n1. The highest BCUT2D eigenvalue weighted by molar-refractivity contribution is 7.13. The zero-order chi connectivity index (χ0) is 22.1. The zero-order valence-corrected chi connectivity index (χ0v) is 17.2. The van der Waals surface area contributed by atoms with Gasteiger partial charge in [0.15, 0.2) is 28.9 Å². The Morgan fingerprint density at radius 2 is 2.13 bits per heavy atom. The van der Waals surface area contributed by atoms with Crippen LogP contribution in [-0.4, -0.2) is 57.7 Å². The van der Waals surface area contributed by atoms with Crippen LogP contribution in [0.15, 0.2) is 46.8 Å². The lowest BCUT2D eigenvalue weighted by Crippen LogP contribution is -2.72. The molecule has 2 unspecified atom stereocenters. The number of fused-ring (bicyclic) bond motifs is 1. The fraction of sp³-hybridized carbons (Fsp3) is 0.263. The lowest BCUT2D eigenvalue weighted by Gasteiger charge is -2.48. The van der Waals surface area contributed by atoms with E-state index < -0.39 is 29.9 Å². The minimum atomic E-state index is -1.20. The van der Waals surface area contributed by atoms with E-state index in [0.29, 0.717) is 18.5 Å². The number of oxime groups is 1. The Hall–Kier alpha value is -3.80. The summed E-state index contributed by atoms with van der Waals surface area (Å²) in [5.41, 5.74) is 6.16. The summed E-state index contributed by atoms with van der Waals surface area (Å²) in [5, 5.41) is 17.9. The minimum Gasteiger partial charge on any atom is -0.476 e. The van der Waals surface area contributed by atoms with Crippen molar-refractivity contribution in [3.8, 4) is 0 Å². The lowest BCUT2D eigenvalue weighted by molar-refractivity contribution is -0.585. The summed E-state index contributed by atoms with van der Waals surface area (Å²) in [4.78, 5) is 47.6. The largest absolute Gasteiger partial charge is 0.476 e. The number of aliphatic carboxylic acids is 1. The first kappa shape index (κ1) is 20.5. The van der Waals surface area contributed by atoms with E-state index in [9.17, 15) is 19.5 Å². The van der Waals surface area contributed by atoms with Crippen LogP contribution in [0.5, 0.6) is 0 Å². The third-order valence-corrected chi connectivity index (χ3v) is 5.76. The Balaban J connectivity index is 1.57. The second kappa shape index (κ2) is 8.14. The van der Waals surface area contributed by atoms with Crippen LogP contribution >= 0.6 is 11.3 Å². The first-order valence-electron chi connectivity index (χ1n) is 9.32. The topological polar surface area (TPSA) is 151 Å². The lowest BCUT2D eigenvalue weighted by atomic mass is 9.85. The van der Waals surface area contributed by atoms with Crippen LogP contribution in [-0.2, 0) is 19.2 Å². The number of allylic oxidation sites excluding steroid dienone is 1. The van der Waals surface area contributed by atoms with Crippen molar-refractivity contribution in [3.63, 3.8) is 0 Å². The smallest absolute Gasteiger partial charge is 0.359 e. The molecule has 4 rings (SSSR count). The van der Waals surface area contributed by atoms with Crippen molar-refractivity contribution in [2.75, 3.05) is 12.8 Å². The molecule has 0 radical (unpaired) electrons. The maximum atomic E-state index is 12.8. The summed E-state index contributed by atoms with van der Waals surface area (Å²) in [6.45, 7) is 0. The number of nitrogens with two attached hydrogens (primary N) is 1. The monoisotopic (exact) mass is 443 g/mol. The molecule has 1 saturated heterocycles. The zero-order valence-electron chi connectivity index (χ0n) is 16.4. The van der Waals surface area contributed by atoms with Crippen LogP contribution in [0.2, 0.25) is 0 Å². The number of nitrogens with zero attached hydrogens (tertiary/aromatic N) is 4. The molecule has 12 heteroatoms. The highest BCUT2D eigenvalue weighted by Gasteiger charge is 2.55. The summed E-state index contributed by atoms with van der Waals surface area (Å²) in [6.07, 6.45) is 4.38. The van der Waals surface area contributed by atoms with Gasteiger partial charge in [0.1, 0.15) is 18.8 Å². The van der Waals surface area contributed by atoms with Gasteiger partial charge in [0.2, 0.25) is 5.70 Å². The number of thiazole rings is 1. The number of β-lactam (4-membered cyclic amide) rings is 1. The van der Waals surface area contributed by atoms with Crippen LogP contribution in [0.3, 0.4) is 0 Å². The molecular formula is C19H19N6O5S+. The molecule has 0 bridgehead atoms. The molecule has 2 atom stereocenters. The van der Waals surface area contributed by atoms with Gasteiger partial charge in [0.05, 0.1) is 6.04 Å². The number of carbonyl (C=O) groups is 3. The molecule has 4 N–H and O–H groups in total. The number of hydrogen-bond donors (Lipinski definition) is 3. The van der Waals surface area contributed by atoms with Crippen molar-refractivity contribution in [1.29, 1.82) is 0 Å². The quantitative estimate of drug-likeness (QED) is 0.242. The number of hydrogen-bond acceptors (Lipinski definition) is 8. The third-order valence-electron chi connectivity index (χ3n) is 5.09. The molecule has 11 nitrogen and oxygen atoms in total. The summed E-state index contributed by atoms with van der Waals surface area (Å²) in [5.74, 6) is -2.36. The molecule has 31 heavy (non-hydrogen) atoms. The number of carboxylic acid groups (broad SMARTS) is 1. The molecule has 4 heterocycles. The first-order valence-corrected chi connectivity index (χ1v) is 10.2. The van der Waals surface area contributed by atoms with E-state index in [0.717, 1.165) is 11.3 Å². The van der Waals surface area contributed by atoms with E-state index in [2.05, 4.69) is 15.5 Å². The van der Waals surface area contributed by atoms with Gasteiger partial charge in [0, 0.05) is 23.9 Å². The minimum absolute atomic E-state index is 0.0824. The second-order valence-corrected chi connectivity index (χ2v) is 7.73. The molecule has 0 saturated carbocycles. The van der Waals surface area contributed by atoms with Crippen molar-refractivity contribution in [2.45, 2.75) is 24.9 Å². The van der Waals surface area contributed by atoms with Crippen molar-refractivity contribution in [2.24, 2.45) is 5.16 Å². The number of amides is 2. The second-order valence-electron chi connectivity index (χ2n) is 6.84. The molecular weight excluding hydrogens is 424 g/mol. The van der Waals surface area contributed by atoms with Crippen molar-refractivity contribution in [1.82, 2.24) is 15.2 Å². The highest BCUT2D eigenvalue weighted by atomic mass is 32.1. The Morgan fingerprint density at radius 3 is 2.74 bits per heavy atom. The standard InChI is InChI=1S/C19H18N6O5S/c1-30-23-13(10-9-31-19(20)21-10)16(26)22-14-11-5-6-12(24-7-3-2-4-8-24)15(18(28)29)25(11)17(14)27/h2-4,7-9,11,14H,5-6H2,1H3,(H3-,20,21,22,26,28,29)/p+1/b23-13-. The number of pyridine rings is 1. The van der Waals surface area contributed by atoms with Gasteiger partial charge in [-0.05, 0) is 6.42 Å². The van der Waals surface area contributed by atoms with Crippen LogP contribution in [0.4, 0.5) is 5.13 Å². The fourth-order valence-corrected chi connectivity index (χ4v) is 4.32. The van der Waals surface area contributed by atoms with Gasteiger partial charge in [-0.2, -0.15) is 4.57 Å². The molecule has 0 spiro atoms. The molecule has 0 aromatic carbocycles. The van der Waals surface area contributed by atoms with Gasteiger partial charge >= 0.3 is 5.97 Å². The summed E-state index contributed by atoms with van der Waals surface area (Å²) in [7, 11) is 1.28. The maximum absolute atomic E-state index is 12.8. The van der Waals surface area contributed by atoms with E-state index in [1.807, 2.05) is 6.07 Å². The number of nitrogen functional groups attached to an aromatic ring is 1. The van der Waals surface area contributed by atoms with E-state index >= 15 is 0 Å². The van der Waals surface area contributed by atoms with Gasteiger partial charge < -0.3 is 21.0 Å². The van der Waals surface area contributed by atoms with Gasteiger partial charge in [-0.1, -0.05) is 11.2 Å². The van der Waals surface area contributed by atoms with E-state index in [1.54, 1.807) is 34.5 Å². The van der Waals surface area contributed by atoms with Gasteiger partial charge in [-0.25, -0.2) is 9.78 Å². The molecule has 160 valence electrons. The van der Waals surface area contributed by atoms with E-state index in [-0.39, 0.29) is 22.2 Å². The molecule has 0 aliphatic carbocycles. The van der Waals surface area contributed by atoms with Crippen LogP contribution in [0.25, 0.3) is 5.70 Å². The number of anilines is 1. The number of carbonyl (C=O) groups excluding carboxylic acids is 2. The number of rotatable bonds is 6. The van der Waals surface area contributed by atoms with Gasteiger partial charge in [-0.15, -0.1) is 11.3 Å². The predicted molar refractivity (Wildman–Crippen MR) is 109 cm³/mol. The molecule has 2 aliphatic heterocycles. The summed E-state index contributed by atoms with van der Waals surface area (Å²) < 4.78 is 1.69. The van der Waals surface area contributed by atoms with E-state index in [1.165, 1.54) is 12.0 Å². The number of carboxylic acids is 1. The Labute approximate surface area is 180 Å². The average molecular weight is 443 g/mol. The Bertz CT molecular complexity index is 1110. The van der Waals surface area contributed by atoms with Crippen LogP contribution < -0.4 is 15.6 Å². The molecule has 2 aliphatic rings. The normalized spacial score (nSPS) is 20.7. The average Bonchev–Trinajstić information content (AvgIpc) is 3.20. The maximum Gasteiger partial charge on any atom is 0.359 e. The molecule has 2 amide bonds. The fourth-order valence-electron chi connectivity index (χ4n) is 3.77. The molecule has 2 aromatic rings. The summed E-state index contributed by atoms with van der Waals surface area (Å²) in [6, 6.07) is 4.03. The van der Waals surface area contributed by atoms with Crippen LogP contribution in [0.1, 0.15) is 18.5 Å². The number of nitrogens with one attached hydrogen (secondary N) is 1. The summed E-state index contributed by atoms with van der Waals surface area (Å²) >= 11 is 1.14. The van der Waals surface area contributed by atoms with Crippen molar-refractivity contribution < 1.29 is 28.9 Å². The van der Waals surface area contributed by atoms with E-state index in [4.69, 9.17) is 10.6 Å². The Kier molecular flexibility index (Phi) is 5.38. The predicted octanol–water partition coefficient (Wildman–Crippen LogP) is -0.194. The van der Waals surface area contributed by atoms with Crippen LogP contribution in [0, 0.1) is 0 Å². The highest BCUT2D eigenvalue weighted by Crippen LogP contribution is 2.36. The Morgan fingerprint density at radius 1 is 1.39 bits per heavy atom. The first-order chi connectivity index (χ1) is 14.9. The van der Waals surface area contributed by atoms with Gasteiger partial charge in [0.25, 0.3) is 11.8 Å².